The van der Waals surface area contributed by atoms with Crippen molar-refractivity contribution in [3.8, 4) is 11.4 Å². The van der Waals surface area contributed by atoms with E-state index in [1.165, 1.54) is 5.56 Å². The zero-order valence-electron chi connectivity index (χ0n) is 12.4. The Balaban J connectivity index is 2.06. The van der Waals surface area contributed by atoms with Crippen LogP contribution in [0.15, 0.2) is 53.6 Å². The summed E-state index contributed by atoms with van der Waals surface area (Å²) in [5.74, 6) is 0.716. The fourth-order valence-electron chi connectivity index (χ4n) is 2.25. The van der Waals surface area contributed by atoms with Crippen LogP contribution in [0.1, 0.15) is 16.7 Å². The third-order valence-electron chi connectivity index (χ3n) is 3.54. The fraction of sp³-hybridized carbons (Fsp3) is 0.118. The number of aryl methyl sites for hydroxylation is 2. The van der Waals surface area contributed by atoms with Gasteiger partial charge >= 0.3 is 0 Å². The lowest BCUT2D eigenvalue weighted by molar-refractivity contribution is 0.870. The molecular weight excluding hydrogens is 292 g/mol. The number of aromatic nitrogens is 3. The predicted octanol–water partition coefficient (Wildman–Crippen LogP) is 4.11. The Morgan fingerprint density at radius 3 is 2.45 bits per heavy atom. The average Bonchev–Trinajstić information content (AvgIpc) is 2.88. The highest BCUT2D eigenvalue weighted by molar-refractivity contribution is 7.71. The van der Waals surface area contributed by atoms with Crippen LogP contribution in [0.3, 0.4) is 0 Å². The topological polar surface area (TPSA) is 46.0 Å². The zero-order chi connectivity index (χ0) is 15.5. The van der Waals surface area contributed by atoms with Gasteiger partial charge in [-0.3, -0.25) is 0 Å². The Kier molecular flexibility index (Phi) is 3.98. The van der Waals surface area contributed by atoms with Crippen molar-refractivity contribution in [2.45, 2.75) is 13.8 Å². The lowest BCUT2D eigenvalue weighted by atomic mass is 10.1. The van der Waals surface area contributed by atoms with Crippen LogP contribution < -0.4 is 0 Å². The molecule has 1 heterocycles. The molecule has 4 nitrogen and oxygen atoms in total. The van der Waals surface area contributed by atoms with Gasteiger partial charge in [0.1, 0.15) is 0 Å². The number of benzene rings is 2. The molecule has 0 aliphatic rings. The Morgan fingerprint density at radius 2 is 1.73 bits per heavy atom. The molecule has 0 amide bonds. The maximum atomic E-state index is 5.30. The van der Waals surface area contributed by atoms with Crippen LogP contribution in [-0.2, 0) is 0 Å². The van der Waals surface area contributed by atoms with E-state index in [4.69, 9.17) is 12.2 Å². The van der Waals surface area contributed by atoms with E-state index >= 15 is 0 Å². The summed E-state index contributed by atoms with van der Waals surface area (Å²) in [5, 5.41) is 11.6. The third-order valence-corrected chi connectivity index (χ3v) is 3.80. The molecule has 1 aromatic heterocycles. The molecule has 0 aliphatic carbocycles. The molecule has 0 saturated heterocycles. The van der Waals surface area contributed by atoms with Gasteiger partial charge in [-0.2, -0.15) is 14.9 Å². The molecule has 22 heavy (non-hydrogen) atoms. The molecule has 2 aromatic carbocycles. The highest BCUT2D eigenvalue weighted by Gasteiger charge is 2.10. The van der Waals surface area contributed by atoms with Crippen molar-refractivity contribution >= 4 is 18.4 Å². The monoisotopic (exact) mass is 308 g/mol. The smallest absolute Gasteiger partial charge is 0.216 e. The number of hydrogen-bond donors (Lipinski definition) is 1. The number of hydrogen-bond acceptors (Lipinski definition) is 3. The second kappa shape index (κ2) is 6.07. The minimum Gasteiger partial charge on any atom is -0.250 e. The van der Waals surface area contributed by atoms with Crippen molar-refractivity contribution in [2.24, 2.45) is 5.10 Å². The van der Waals surface area contributed by atoms with Gasteiger partial charge in [-0.15, -0.1) is 0 Å². The van der Waals surface area contributed by atoms with Gasteiger partial charge in [0.25, 0.3) is 0 Å². The fourth-order valence-corrected chi connectivity index (χ4v) is 2.43. The number of nitrogens with zero attached hydrogens (tertiary/aromatic N) is 3. The predicted molar refractivity (Wildman–Crippen MR) is 91.8 cm³/mol. The third kappa shape index (κ3) is 2.76. The largest absolute Gasteiger partial charge is 0.250 e. The molecule has 0 unspecified atom stereocenters. The summed E-state index contributed by atoms with van der Waals surface area (Å²) in [5.41, 5.74) is 4.36. The van der Waals surface area contributed by atoms with Gasteiger partial charge in [0.15, 0.2) is 5.82 Å². The molecule has 3 rings (SSSR count). The van der Waals surface area contributed by atoms with Gasteiger partial charge in [0.05, 0.1) is 6.21 Å². The van der Waals surface area contributed by atoms with Gasteiger partial charge in [0, 0.05) is 5.56 Å². The minimum atomic E-state index is 0.475. The molecule has 110 valence electrons. The van der Waals surface area contributed by atoms with Crippen LogP contribution in [0.25, 0.3) is 11.4 Å². The second-order valence-electron chi connectivity index (χ2n) is 5.08. The zero-order valence-corrected chi connectivity index (χ0v) is 13.3. The van der Waals surface area contributed by atoms with Crippen LogP contribution in [0.5, 0.6) is 0 Å². The first-order valence-electron chi connectivity index (χ1n) is 7.00. The van der Waals surface area contributed by atoms with Crippen molar-refractivity contribution in [3.05, 3.63) is 70.0 Å². The van der Waals surface area contributed by atoms with Gasteiger partial charge in [-0.25, -0.2) is 5.10 Å². The average molecular weight is 308 g/mol. The standard InChI is InChI=1S/C17H16N4S/c1-12-7-3-5-9-14(12)11-18-21-16(19-20-17(21)22)15-10-6-4-8-13(15)2/h3-11H,1-2H3,(H,20,22). The molecule has 0 aliphatic heterocycles. The van der Waals surface area contributed by atoms with Gasteiger partial charge in [-0.1, -0.05) is 48.5 Å². The maximum Gasteiger partial charge on any atom is 0.216 e. The first-order chi connectivity index (χ1) is 10.7. The molecule has 0 fully saturated rings. The van der Waals surface area contributed by atoms with Gasteiger partial charge < -0.3 is 0 Å². The van der Waals surface area contributed by atoms with E-state index in [1.807, 2.05) is 55.6 Å². The number of rotatable bonds is 3. The Bertz CT molecular complexity index is 889. The van der Waals surface area contributed by atoms with E-state index in [0.717, 1.165) is 16.7 Å². The van der Waals surface area contributed by atoms with Crippen molar-refractivity contribution in [3.63, 3.8) is 0 Å². The summed E-state index contributed by atoms with van der Waals surface area (Å²) in [7, 11) is 0. The molecule has 3 aromatic rings. The lowest BCUT2D eigenvalue weighted by Gasteiger charge is -2.04. The van der Waals surface area contributed by atoms with Crippen molar-refractivity contribution < 1.29 is 0 Å². The summed E-state index contributed by atoms with van der Waals surface area (Å²) in [4.78, 5) is 0. The van der Waals surface area contributed by atoms with E-state index < -0.39 is 0 Å². The first-order valence-corrected chi connectivity index (χ1v) is 7.41. The number of aromatic amines is 1. The first kappa shape index (κ1) is 14.4. The van der Waals surface area contributed by atoms with Crippen LogP contribution in [0.2, 0.25) is 0 Å². The van der Waals surface area contributed by atoms with Crippen molar-refractivity contribution in [1.29, 1.82) is 0 Å². The van der Waals surface area contributed by atoms with Crippen LogP contribution >= 0.6 is 12.2 Å². The number of H-pyrrole nitrogens is 1. The lowest BCUT2D eigenvalue weighted by Crippen LogP contribution is -1.97. The number of nitrogens with one attached hydrogen (secondary N) is 1. The highest BCUT2D eigenvalue weighted by atomic mass is 32.1. The summed E-state index contributed by atoms with van der Waals surface area (Å²) in [6.45, 7) is 4.10. The molecule has 0 spiro atoms. The molecule has 0 atom stereocenters. The second-order valence-corrected chi connectivity index (χ2v) is 5.47. The van der Waals surface area contributed by atoms with Crippen LogP contribution in [0, 0.1) is 18.6 Å². The summed E-state index contributed by atoms with van der Waals surface area (Å²) in [6, 6.07) is 16.1. The Hall–Kier alpha value is -2.53. The normalized spacial score (nSPS) is 11.2. The molecule has 0 radical (unpaired) electrons. The molecule has 1 N–H and O–H groups in total. The molecule has 0 bridgehead atoms. The summed E-state index contributed by atoms with van der Waals surface area (Å²) in [6.07, 6.45) is 1.81. The SMILES string of the molecule is Cc1ccccc1C=Nn1c(-c2ccccc2C)n[nH]c1=S. The van der Waals surface area contributed by atoms with E-state index in [0.29, 0.717) is 10.6 Å². The Labute approximate surface area is 134 Å². The maximum absolute atomic E-state index is 5.30. The van der Waals surface area contributed by atoms with Crippen molar-refractivity contribution in [2.75, 3.05) is 0 Å². The summed E-state index contributed by atoms with van der Waals surface area (Å²) < 4.78 is 2.13. The van der Waals surface area contributed by atoms with Crippen LogP contribution in [0.4, 0.5) is 0 Å². The molecule has 0 saturated carbocycles. The van der Waals surface area contributed by atoms with E-state index in [2.05, 4.69) is 28.3 Å². The molecule has 5 heteroatoms. The van der Waals surface area contributed by atoms with E-state index in [9.17, 15) is 0 Å². The quantitative estimate of drug-likeness (QED) is 0.584. The van der Waals surface area contributed by atoms with E-state index in [-0.39, 0.29) is 0 Å². The Morgan fingerprint density at radius 1 is 1.05 bits per heavy atom. The highest BCUT2D eigenvalue weighted by Crippen LogP contribution is 2.21. The van der Waals surface area contributed by atoms with E-state index in [1.54, 1.807) is 4.68 Å². The minimum absolute atomic E-state index is 0.475. The molecular formula is C17H16N4S. The van der Waals surface area contributed by atoms with Gasteiger partial charge in [0.2, 0.25) is 4.77 Å². The van der Waals surface area contributed by atoms with Gasteiger partial charge in [-0.05, 0) is 42.8 Å². The van der Waals surface area contributed by atoms with Crippen LogP contribution in [-0.4, -0.2) is 21.1 Å². The summed E-state index contributed by atoms with van der Waals surface area (Å²) >= 11 is 5.30. The van der Waals surface area contributed by atoms with Crippen molar-refractivity contribution in [1.82, 2.24) is 14.9 Å².